The predicted molar refractivity (Wildman–Crippen MR) is 66.6 cm³/mol. The van der Waals surface area contributed by atoms with Gasteiger partial charge in [0.05, 0.1) is 11.3 Å². The Bertz CT molecular complexity index is 421. The van der Waals surface area contributed by atoms with Crippen molar-refractivity contribution < 1.29 is 4.79 Å². The zero-order valence-corrected chi connectivity index (χ0v) is 10.8. The summed E-state index contributed by atoms with van der Waals surface area (Å²) in [5.41, 5.74) is 1.01. The molecule has 4 nitrogen and oxygen atoms in total. The first-order valence-electron chi connectivity index (χ1n) is 4.49. The largest absolute Gasteiger partial charge is 0.383 e. The molecule has 0 aliphatic carbocycles. The van der Waals surface area contributed by atoms with Crippen LogP contribution < -0.4 is 0 Å². The van der Waals surface area contributed by atoms with Crippen LogP contribution in [0.1, 0.15) is 5.69 Å². The van der Waals surface area contributed by atoms with Crippen molar-refractivity contribution in [1.82, 2.24) is 14.9 Å². The lowest BCUT2D eigenvalue weighted by Crippen LogP contribution is -2.04. The molecule has 0 radical (unpaired) electrons. The van der Waals surface area contributed by atoms with Gasteiger partial charge in [0.25, 0.3) is 0 Å². The maximum absolute atomic E-state index is 10.9. The van der Waals surface area contributed by atoms with Crippen LogP contribution in [0.3, 0.4) is 0 Å². The monoisotopic (exact) mass is 257 g/mol. The predicted octanol–water partition coefficient (Wildman–Crippen LogP) is 1.95. The van der Waals surface area contributed by atoms with Crippen LogP contribution in [-0.2, 0) is 4.79 Å². The SMILES string of the molecule is CSc1nc(Cl)cc(/C(C=O)=C/N(C)C)n1. The van der Waals surface area contributed by atoms with Crippen molar-refractivity contribution in [3.8, 4) is 0 Å². The maximum Gasteiger partial charge on any atom is 0.189 e. The zero-order chi connectivity index (χ0) is 12.1. The summed E-state index contributed by atoms with van der Waals surface area (Å²) in [5, 5.41) is 0.884. The van der Waals surface area contributed by atoms with Crippen LogP contribution >= 0.6 is 23.4 Å². The van der Waals surface area contributed by atoms with Gasteiger partial charge >= 0.3 is 0 Å². The molecule has 1 heterocycles. The summed E-state index contributed by atoms with van der Waals surface area (Å²) < 4.78 is 0. The Morgan fingerprint density at radius 1 is 1.50 bits per heavy atom. The first-order valence-corrected chi connectivity index (χ1v) is 6.09. The fourth-order valence-electron chi connectivity index (χ4n) is 1.07. The van der Waals surface area contributed by atoms with E-state index >= 15 is 0 Å². The lowest BCUT2D eigenvalue weighted by atomic mass is 10.2. The Kier molecular flexibility index (Phi) is 4.76. The average Bonchev–Trinajstić information content (AvgIpc) is 2.24. The van der Waals surface area contributed by atoms with Gasteiger partial charge in [-0.15, -0.1) is 0 Å². The van der Waals surface area contributed by atoms with E-state index in [-0.39, 0.29) is 0 Å². The van der Waals surface area contributed by atoms with Crippen LogP contribution in [-0.4, -0.2) is 41.5 Å². The summed E-state index contributed by atoms with van der Waals surface area (Å²) in [6.45, 7) is 0. The van der Waals surface area contributed by atoms with E-state index in [1.807, 2.05) is 20.4 Å². The highest BCUT2D eigenvalue weighted by Gasteiger charge is 2.07. The lowest BCUT2D eigenvalue weighted by molar-refractivity contribution is -0.103. The van der Waals surface area contributed by atoms with Crippen molar-refractivity contribution in [2.45, 2.75) is 5.16 Å². The number of aldehydes is 1. The fraction of sp³-hybridized carbons (Fsp3) is 0.300. The first-order chi connectivity index (χ1) is 7.56. The van der Waals surface area contributed by atoms with Crippen LogP contribution in [0.15, 0.2) is 17.4 Å². The molecule has 16 heavy (non-hydrogen) atoms. The van der Waals surface area contributed by atoms with Gasteiger partial charge in [0, 0.05) is 26.4 Å². The van der Waals surface area contributed by atoms with Crippen LogP contribution in [0.5, 0.6) is 0 Å². The number of aromatic nitrogens is 2. The number of halogens is 1. The van der Waals surface area contributed by atoms with Gasteiger partial charge in [0.2, 0.25) is 0 Å². The minimum absolute atomic E-state index is 0.334. The molecule has 0 amide bonds. The van der Waals surface area contributed by atoms with Gasteiger partial charge in [-0.2, -0.15) is 0 Å². The van der Waals surface area contributed by atoms with Crippen molar-refractivity contribution in [2.75, 3.05) is 20.4 Å². The minimum Gasteiger partial charge on any atom is -0.383 e. The Balaban J connectivity index is 3.19. The number of carbonyl (C=O) groups is 1. The van der Waals surface area contributed by atoms with E-state index in [0.29, 0.717) is 21.6 Å². The van der Waals surface area contributed by atoms with E-state index in [2.05, 4.69) is 9.97 Å². The van der Waals surface area contributed by atoms with Crippen molar-refractivity contribution in [3.63, 3.8) is 0 Å². The van der Waals surface area contributed by atoms with Crippen LogP contribution in [0, 0.1) is 0 Å². The standard InChI is InChI=1S/C10H12ClN3OS/c1-14(2)5-7(6-15)8-4-9(11)13-10(12-8)16-3/h4-6H,1-3H3/b7-5+. The second kappa shape index (κ2) is 5.86. The van der Waals surface area contributed by atoms with E-state index in [4.69, 9.17) is 11.6 Å². The summed E-state index contributed by atoms with van der Waals surface area (Å²) in [7, 11) is 3.67. The molecule has 0 atom stereocenters. The second-order valence-electron chi connectivity index (χ2n) is 3.23. The van der Waals surface area contributed by atoms with E-state index in [1.54, 1.807) is 17.2 Å². The Morgan fingerprint density at radius 3 is 2.69 bits per heavy atom. The molecule has 1 aromatic rings. The van der Waals surface area contributed by atoms with Crippen molar-refractivity contribution >= 4 is 35.2 Å². The number of allylic oxidation sites excluding steroid dienone is 1. The van der Waals surface area contributed by atoms with Crippen LogP contribution in [0.25, 0.3) is 5.57 Å². The van der Waals surface area contributed by atoms with Crippen molar-refractivity contribution in [2.24, 2.45) is 0 Å². The second-order valence-corrected chi connectivity index (χ2v) is 4.39. The quantitative estimate of drug-likeness (QED) is 0.271. The molecule has 0 bridgehead atoms. The Morgan fingerprint density at radius 2 is 2.19 bits per heavy atom. The zero-order valence-electron chi connectivity index (χ0n) is 9.27. The van der Waals surface area contributed by atoms with E-state index < -0.39 is 0 Å². The molecule has 0 fully saturated rings. The van der Waals surface area contributed by atoms with Crippen LogP contribution in [0.2, 0.25) is 5.15 Å². The Hall–Kier alpha value is -1.07. The summed E-state index contributed by atoms with van der Waals surface area (Å²) in [4.78, 5) is 20.9. The highest BCUT2D eigenvalue weighted by molar-refractivity contribution is 7.98. The summed E-state index contributed by atoms with van der Waals surface area (Å²) in [6, 6.07) is 1.57. The fourth-order valence-corrected chi connectivity index (χ4v) is 1.68. The number of hydrogen-bond donors (Lipinski definition) is 0. The maximum atomic E-state index is 10.9. The van der Waals surface area contributed by atoms with Gasteiger partial charge in [-0.05, 0) is 6.26 Å². The van der Waals surface area contributed by atoms with Crippen LogP contribution in [0.4, 0.5) is 0 Å². The number of hydrogen-bond acceptors (Lipinski definition) is 5. The number of rotatable bonds is 4. The molecule has 1 aromatic heterocycles. The van der Waals surface area contributed by atoms with Gasteiger partial charge < -0.3 is 4.90 Å². The molecule has 0 N–H and O–H groups in total. The number of carbonyl (C=O) groups excluding carboxylic acids is 1. The van der Waals surface area contributed by atoms with Gasteiger partial charge in [-0.3, -0.25) is 4.79 Å². The molecular weight excluding hydrogens is 246 g/mol. The smallest absolute Gasteiger partial charge is 0.189 e. The van der Waals surface area contributed by atoms with Crippen molar-refractivity contribution in [1.29, 1.82) is 0 Å². The minimum atomic E-state index is 0.334. The van der Waals surface area contributed by atoms with Gasteiger partial charge in [-0.25, -0.2) is 9.97 Å². The molecule has 0 saturated carbocycles. The molecule has 0 aliphatic rings. The number of nitrogens with zero attached hydrogens (tertiary/aromatic N) is 3. The molecule has 1 rings (SSSR count). The van der Waals surface area contributed by atoms with E-state index in [1.165, 1.54) is 11.8 Å². The highest BCUT2D eigenvalue weighted by atomic mass is 35.5. The molecular formula is C10H12ClN3OS. The topological polar surface area (TPSA) is 46.1 Å². The van der Waals surface area contributed by atoms with E-state index in [0.717, 1.165) is 6.29 Å². The molecule has 0 spiro atoms. The highest BCUT2D eigenvalue weighted by Crippen LogP contribution is 2.18. The van der Waals surface area contributed by atoms with Gasteiger partial charge in [0.15, 0.2) is 11.4 Å². The summed E-state index contributed by atoms with van der Waals surface area (Å²) in [5.74, 6) is 0. The number of thioether (sulfide) groups is 1. The Labute approximate surface area is 104 Å². The van der Waals surface area contributed by atoms with E-state index in [9.17, 15) is 4.79 Å². The molecule has 6 heteroatoms. The molecule has 0 unspecified atom stereocenters. The third-order valence-electron chi connectivity index (χ3n) is 1.68. The summed E-state index contributed by atoms with van der Waals surface area (Å²) >= 11 is 7.23. The molecule has 0 aromatic carbocycles. The summed E-state index contributed by atoms with van der Waals surface area (Å²) in [6.07, 6.45) is 4.30. The molecule has 0 aliphatic heterocycles. The third kappa shape index (κ3) is 3.50. The third-order valence-corrected chi connectivity index (χ3v) is 2.42. The molecule has 0 saturated heterocycles. The van der Waals surface area contributed by atoms with Gasteiger partial charge in [0.1, 0.15) is 5.15 Å². The molecule has 86 valence electrons. The van der Waals surface area contributed by atoms with Crippen molar-refractivity contribution in [3.05, 3.63) is 23.1 Å². The van der Waals surface area contributed by atoms with Gasteiger partial charge in [-0.1, -0.05) is 23.4 Å². The normalized spacial score (nSPS) is 11.4. The first kappa shape index (κ1) is 13.0. The lowest BCUT2D eigenvalue weighted by Gasteiger charge is -2.07. The average molecular weight is 258 g/mol.